The fraction of sp³-hybridized carbons (Fsp3) is 0.0667. The monoisotopic (exact) mass is 291 g/mol. The average molecular weight is 291 g/mol. The number of ether oxygens (including phenoxy) is 1. The second-order valence-corrected chi connectivity index (χ2v) is 4.12. The summed E-state index contributed by atoms with van der Waals surface area (Å²) in [5.74, 6) is -3.04. The molecule has 0 unspecified atom stereocenters. The Morgan fingerprint density at radius 2 is 1.62 bits per heavy atom. The molecule has 0 saturated carbocycles. The highest BCUT2D eigenvalue weighted by Gasteiger charge is 2.19. The van der Waals surface area contributed by atoms with Gasteiger partial charge in [0.25, 0.3) is 5.91 Å². The number of rotatable bonds is 3. The molecule has 21 heavy (non-hydrogen) atoms. The maximum atomic E-state index is 14.1. The Labute approximate surface area is 119 Å². The Kier molecular flexibility index (Phi) is 4.27. The number of methoxy groups -OCH3 is 1. The molecule has 2 aromatic rings. The minimum Gasteiger partial charge on any atom is -0.465 e. The van der Waals surface area contributed by atoms with Crippen molar-refractivity contribution in [2.24, 2.45) is 0 Å². The molecule has 6 heteroatoms. The molecule has 108 valence electrons. The summed E-state index contributed by atoms with van der Waals surface area (Å²) in [4.78, 5) is 23.4. The highest BCUT2D eigenvalue weighted by molar-refractivity contribution is 6.06. The second kappa shape index (κ2) is 6.13. The summed E-state index contributed by atoms with van der Waals surface area (Å²) in [5, 5.41) is 2.41. The smallest absolute Gasteiger partial charge is 0.340 e. The number of halogens is 2. The van der Waals surface area contributed by atoms with Crippen LogP contribution in [0.15, 0.2) is 42.5 Å². The van der Waals surface area contributed by atoms with E-state index in [0.717, 1.165) is 19.2 Å². The van der Waals surface area contributed by atoms with Crippen LogP contribution in [-0.4, -0.2) is 19.0 Å². The zero-order valence-electron chi connectivity index (χ0n) is 11.0. The molecule has 0 atom stereocenters. The quantitative estimate of drug-likeness (QED) is 0.884. The third kappa shape index (κ3) is 3.22. The first kappa shape index (κ1) is 14.6. The Morgan fingerprint density at radius 3 is 2.24 bits per heavy atom. The Bertz CT molecular complexity index is 684. The van der Waals surface area contributed by atoms with Gasteiger partial charge in [-0.2, -0.15) is 0 Å². The number of carbonyl (C=O) groups excluding carboxylic acids is 2. The number of benzene rings is 2. The van der Waals surface area contributed by atoms with Crippen molar-refractivity contribution in [1.82, 2.24) is 0 Å². The lowest BCUT2D eigenvalue weighted by Gasteiger charge is -2.08. The van der Waals surface area contributed by atoms with Gasteiger partial charge in [-0.1, -0.05) is 6.07 Å². The van der Waals surface area contributed by atoms with Gasteiger partial charge in [0.05, 0.1) is 18.2 Å². The van der Waals surface area contributed by atoms with Crippen LogP contribution in [0.2, 0.25) is 0 Å². The molecular weight excluding hydrogens is 280 g/mol. The van der Waals surface area contributed by atoms with Crippen LogP contribution in [0.25, 0.3) is 0 Å². The van der Waals surface area contributed by atoms with Gasteiger partial charge in [0, 0.05) is 5.69 Å². The fourth-order valence-electron chi connectivity index (χ4n) is 1.71. The highest BCUT2D eigenvalue weighted by atomic mass is 19.1. The summed E-state index contributed by atoms with van der Waals surface area (Å²) in [6.07, 6.45) is 0. The van der Waals surface area contributed by atoms with Gasteiger partial charge >= 0.3 is 5.97 Å². The van der Waals surface area contributed by atoms with E-state index in [2.05, 4.69) is 10.1 Å². The molecule has 0 aliphatic heterocycles. The average Bonchev–Trinajstić information content (AvgIpc) is 2.49. The van der Waals surface area contributed by atoms with E-state index in [1.54, 1.807) is 0 Å². The van der Waals surface area contributed by atoms with E-state index in [1.807, 2.05) is 0 Å². The molecule has 1 amide bonds. The minimum absolute atomic E-state index is 0.303. The molecule has 0 aliphatic carbocycles. The van der Waals surface area contributed by atoms with Crippen LogP contribution in [0, 0.1) is 11.6 Å². The topological polar surface area (TPSA) is 55.4 Å². The zero-order chi connectivity index (χ0) is 15.4. The van der Waals surface area contributed by atoms with Gasteiger partial charge in [0.2, 0.25) is 0 Å². The first-order valence-electron chi connectivity index (χ1n) is 5.96. The van der Waals surface area contributed by atoms with Gasteiger partial charge in [-0.25, -0.2) is 13.6 Å². The van der Waals surface area contributed by atoms with Gasteiger partial charge < -0.3 is 10.1 Å². The summed E-state index contributed by atoms with van der Waals surface area (Å²) in [6.45, 7) is 0. The molecule has 4 nitrogen and oxygen atoms in total. The normalized spacial score (nSPS) is 10.0. The number of anilines is 1. The lowest BCUT2D eigenvalue weighted by atomic mass is 10.1. The molecule has 0 bridgehead atoms. The molecule has 0 fully saturated rings. The van der Waals surface area contributed by atoms with Crippen molar-refractivity contribution >= 4 is 17.6 Å². The van der Waals surface area contributed by atoms with Gasteiger partial charge in [-0.3, -0.25) is 4.79 Å². The molecule has 0 aliphatic rings. The van der Waals surface area contributed by atoms with Crippen LogP contribution in [0.1, 0.15) is 20.7 Å². The minimum atomic E-state index is -0.969. The standard InChI is InChI=1S/C15H11F2NO3/c1-21-15(20)12-4-2-3-11(13(12)17)14(19)18-10-7-5-9(16)6-8-10/h2-8H,1H3,(H,18,19). The van der Waals surface area contributed by atoms with Crippen LogP contribution in [-0.2, 0) is 4.74 Å². The molecule has 2 rings (SSSR count). The van der Waals surface area contributed by atoms with Crippen molar-refractivity contribution in [1.29, 1.82) is 0 Å². The van der Waals surface area contributed by atoms with Gasteiger partial charge in [-0.05, 0) is 36.4 Å². The van der Waals surface area contributed by atoms with Crippen LogP contribution < -0.4 is 5.32 Å². The first-order valence-corrected chi connectivity index (χ1v) is 5.96. The van der Waals surface area contributed by atoms with Crippen LogP contribution >= 0.6 is 0 Å². The van der Waals surface area contributed by atoms with Crippen molar-refractivity contribution in [3.05, 3.63) is 65.2 Å². The Balaban J connectivity index is 2.27. The van der Waals surface area contributed by atoms with E-state index in [-0.39, 0.29) is 11.1 Å². The summed E-state index contributed by atoms with van der Waals surface area (Å²) in [7, 11) is 1.12. The van der Waals surface area contributed by atoms with E-state index in [1.165, 1.54) is 30.3 Å². The summed E-state index contributed by atoms with van der Waals surface area (Å²) >= 11 is 0. The summed E-state index contributed by atoms with van der Waals surface area (Å²) in [6, 6.07) is 8.84. The van der Waals surface area contributed by atoms with Gasteiger partial charge in [0.1, 0.15) is 11.6 Å². The van der Waals surface area contributed by atoms with Gasteiger partial charge in [-0.15, -0.1) is 0 Å². The summed E-state index contributed by atoms with van der Waals surface area (Å²) < 4.78 is 31.3. The molecule has 0 saturated heterocycles. The van der Waals surface area contributed by atoms with Crippen molar-refractivity contribution < 1.29 is 23.1 Å². The third-order valence-corrected chi connectivity index (χ3v) is 2.75. The van der Waals surface area contributed by atoms with Crippen LogP contribution in [0.5, 0.6) is 0 Å². The summed E-state index contributed by atoms with van der Waals surface area (Å²) in [5.41, 5.74) is -0.323. The predicted molar refractivity (Wildman–Crippen MR) is 72.1 cm³/mol. The molecule has 2 aromatic carbocycles. The molecule has 0 spiro atoms. The SMILES string of the molecule is COC(=O)c1cccc(C(=O)Nc2ccc(F)cc2)c1F. The third-order valence-electron chi connectivity index (χ3n) is 2.75. The number of hydrogen-bond acceptors (Lipinski definition) is 3. The Hall–Kier alpha value is -2.76. The van der Waals surface area contributed by atoms with E-state index in [0.29, 0.717) is 5.69 Å². The second-order valence-electron chi connectivity index (χ2n) is 4.12. The van der Waals surface area contributed by atoms with Gasteiger partial charge in [0.15, 0.2) is 0 Å². The predicted octanol–water partition coefficient (Wildman–Crippen LogP) is 3.00. The van der Waals surface area contributed by atoms with Crippen LogP contribution in [0.4, 0.5) is 14.5 Å². The molecule has 0 heterocycles. The highest BCUT2D eigenvalue weighted by Crippen LogP contribution is 2.16. The maximum Gasteiger partial charge on any atom is 0.340 e. The van der Waals surface area contributed by atoms with E-state index in [4.69, 9.17) is 0 Å². The van der Waals surface area contributed by atoms with Crippen molar-refractivity contribution in [2.45, 2.75) is 0 Å². The number of amides is 1. The lowest BCUT2D eigenvalue weighted by Crippen LogP contribution is -2.16. The number of carbonyl (C=O) groups is 2. The molecule has 0 aromatic heterocycles. The molecule has 1 N–H and O–H groups in total. The van der Waals surface area contributed by atoms with Crippen molar-refractivity contribution in [3.63, 3.8) is 0 Å². The van der Waals surface area contributed by atoms with E-state index >= 15 is 0 Å². The lowest BCUT2D eigenvalue weighted by molar-refractivity contribution is 0.0595. The number of hydrogen-bond donors (Lipinski definition) is 1. The van der Waals surface area contributed by atoms with Crippen molar-refractivity contribution in [3.8, 4) is 0 Å². The first-order chi connectivity index (χ1) is 10.0. The van der Waals surface area contributed by atoms with Crippen LogP contribution in [0.3, 0.4) is 0 Å². The largest absolute Gasteiger partial charge is 0.465 e. The maximum absolute atomic E-state index is 14.1. The Morgan fingerprint density at radius 1 is 1.00 bits per heavy atom. The van der Waals surface area contributed by atoms with E-state index in [9.17, 15) is 18.4 Å². The number of esters is 1. The zero-order valence-corrected chi connectivity index (χ0v) is 11.0. The molecule has 0 radical (unpaired) electrons. The molecular formula is C15H11F2NO3. The fourth-order valence-corrected chi connectivity index (χ4v) is 1.71. The van der Waals surface area contributed by atoms with E-state index < -0.39 is 23.5 Å². The number of nitrogens with one attached hydrogen (secondary N) is 1. The van der Waals surface area contributed by atoms with Crippen molar-refractivity contribution in [2.75, 3.05) is 12.4 Å².